The molecule has 0 aromatic heterocycles. The molecule has 0 bridgehead atoms. The summed E-state index contributed by atoms with van der Waals surface area (Å²) in [6.07, 6.45) is 1.71. The van der Waals surface area contributed by atoms with Gasteiger partial charge in [0.2, 0.25) is 0 Å². The molecule has 0 unspecified atom stereocenters. The van der Waals surface area contributed by atoms with Crippen molar-refractivity contribution in [1.82, 2.24) is 0 Å². The molecule has 1 N–H and O–H groups in total. The number of hydrogen-bond donors (Lipinski definition) is 1. The molecule has 0 heterocycles. The molecule has 0 fully saturated rings. The fourth-order valence-corrected chi connectivity index (χ4v) is 3.46. The molecule has 2 aromatic carbocycles. The Labute approximate surface area is 164 Å². The second-order valence-corrected chi connectivity index (χ2v) is 7.82. The number of methoxy groups -OCH3 is 1. The third-order valence-electron chi connectivity index (χ3n) is 4.03. The Morgan fingerprint density at radius 3 is 2.32 bits per heavy atom. The van der Waals surface area contributed by atoms with E-state index in [1.165, 1.54) is 49.6 Å². The average Bonchev–Trinajstić information content (AvgIpc) is 2.68. The molecule has 0 atom stereocenters. The number of carbonyl (C=O) groups is 2. The van der Waals surface area contributed by atoms with E-state index in [0.29, 0.717) is 17.7 Å². The van der Waals surface area contributed by atoms with E-state index >= 15 is 0 Å². The van der Waals surface area contributed by atoms with Crippen molar-refractivity contribution >= 4 is 27.6 Å². The molecule has 0 radical (unpaired) electrons. The summed E-state index contributed by atoms with van der Waals surface area (Å²) in [6.45, 7) is 4.03. The van der Waals surface area contributed by atoms with Gasteiger partial charge in [-0.05, 0) is 55.3 Å². The Hall–Kier alpha value is -2.87. The Bertz CT molecular complexity index is 951. The maximum atomic E-state index is 12.6. The average molecular weight is 405 g/mol. The summed E-state index contributed by atoms with van der Waals surface area (Å²) < 4.78 is 37.4. The van der Waals surface area contributed by atoms with Gasteiger partial charge in [-0.25, -0.2) is 18.0 Å². The summed E-state index contributed by atoms with van der Waals surface area (Å²) in [5, 5.41) is 0. The standard InChI is InChI=1S/C20H23NO6S/c1-4-5-12-27-19(22)15-7-9-16(10-8-15)21-28(24,25)17-11-6-14(2)18(13-17)20(23)26-3/h6-11,13,21H,4-5,12H2,1-3H3. The van der Waals surface area contributed by atoms with Crippen LogP contribution >= 0.6 is 0 Å². The quantitative estimate of drug-likeness (QED) is 0.533. The number of anilines is 1. The summed E-state index contributed by atoms with van der Waals surface area (Å²) in [7, 11) is -2.69. The van der Waals surface area contributed by atoms with Crippen LogP contribution in [0.5, 0.6) is 0 Å². The molecule has 28 heavy (non-hydrogen) atoms. The van der Waals surface area contributed by atoms with Crippen LogP contribution in [0.15, 0.2) is 47.4 Å². The van der Waals surface area contributed by atoms with E-state index < -0.39 is 22.0 Å². The molecular formula is C20H23NO6S. The van der Waals surface area contributed by atoms with Gasteiger partial charge in [0.1, 0.15) is 0 Å². The summed E-state index contributed by atoms with van der Waals surface area (Å²) in [5.41, 5.74) is 1.40. The van der Waals surface area contributed by atoms with Crippen LogP contribution in [0.1, 0.15) is 46.0 Å². The normalized spacial score (nSPS) is 11.0. The van der Waals surface area contributed by atoms with Gasteiger partial charge >= 0.3 is 11.9 Å². The van der Waals surface area contributed by atoms with Crippen LogP contribution in [0.4, 0.5) is 5.69 Å². The molecule has 0 saturated heterocycles. The molecule has 8 heteroatoms. The van der Waals surface area contributed by atoms with Gasteiger partial charge in [-0.3, -0.25) is 4.72 Å². The fourth-order valence-electron chi connectivity index (χ4n) is 2.38. The van der Waals surface area contributed by atoms with Crippen LogP contribution < -0.4 is 4.72 Å². The minimum absolute atomic E-state index is 0.0680. The first-order valence-corrected chi connectivity index (χ1v) is 10.3. The lowest BCUT2D eigenvalue weighted by atomic mass is 10.1. The summed E-state index contributed by atoms with van der Waals surface area (Å²) in [6, 6.07) is 10.1. The van der Waals surface area contributed by atoms with Gasteiger partial charge < -0.3 is 9.47 Å². The number of carbonyl (C=O) groups excluding carboxylic acids is 2. The monoisotopic (exact) mass is 405 g/mol. The SMILES string of the molecule is CCCCOC(=O)c1ccc(NS(=O)(=O)c2ccc(C)c(C(=O)OC)c2)cc1. The van der Waals surface area contributed by atoms with E-state index in [1.54, 1.807) is 6.92 Å². The minimum Gasteiger partial charge on any atom is -0.465 e. The highest BCUT2D eigenvalue weighted by Crippen LogP contribution is 2.20. The van der Waals surface area contributed by atoms with E-state index in [2.05, 4.69) is 9.46 Å². The van der Waals surface area contributed by atoms with Crippen molar-refractivity contribution in [2.75, 3.05) is 18.4 Å². The molecule has 150 valence electrons. The van der Waals surface area contributed by atoms with Gasteiger partial charge in [0, 0.05) is 5.69 Å². The summed E-state index contributed by atoms with van der Waals surface area (Å²) in [4.78, 5) is 23.6. The predicted molar refractivity (Wildman–Crippen MR) is 105 cm³/mol. The summed E-state index contributed by atoms with van der Waals surface area (Å²) in [5.74, 6) is -1.07. The largest absolute Gasteiger partial charge is 0.465 e. The van der Waals surface area contributed by atoms with Crippen molar-refractivity contribution < 1.29 is 27.5 Å². The summed E-state index contributed by atoms with van der Waals surface area (Å²) >= 11 is 0. The van der Waals surface area contributed by atoms with Crippen molar-refractivity contribution in [3.05, 3.63) is 59.2 Å². The predicted octanol–water partition coefficient (Wildman–Crippen LogP) is 3.54. The lowest BCUT2D eigenvalue weighted by molar-refractivity contribution is 0.0499. The Morgan fingerprint density at radius 1 is 1.04 bits per heavy atom. The lowest BCUT2D eigenvalue weighted by Crippen LogP contribution is -2.15. The zero-order valence-corrected chi connectivity index (χ0v) is 16.8. The molecule has 0 saturated carbocycles. The van der Waals surface area contributed by atoms with Crippen LogP contribution in [0.2, 0.25) is 0 Å². The van der Waals surface area contributed by atoms with E-state index in [9.17, 15) is 18.0 Å². The number of rotatable bonds is 8. The Kier molecular flexibility index (Phi) is 7.17. The minimum atomic E-state index is -3.92. The maximum Gasteiger partial charge on any atom is 0.338 e. The zero-order chi connectivity index (χ0) is 20.7. The van der Waals surface area contributed by atoms with Crippen molar-refractivity contribution in [3.63, 3.8) is 0 Å². The highest BCUT2D eigenvalue weighted by Gasteiger charge is 2.19. The topological polar surface area (TPSA) is 98.8 Å². The first-order valence-electron chi connectivity index (χ1n) is 8.77. The van der Waals surface area contributed by atoms with Crippen LogP contribution in [-0.4, -0.2) is 34.1 Å². The van der Waals surface area contributed by atoms with E-state index in [1.807, 2.05) is 6.92 Å². The number of sulfonamides is 1. The molecule has 2 rings (SSSR count). The van der Waals surface area contributed by atoms with Gasteiger partial charge in [0.25, 0.3) is 10.0 Å². The van der Waals surface area contributed by atoms with Crippen molar-refractivity contribution in [2.45, 2.75) is 31.6 Å². The lowest BCUT2D eigenvalue weighted by Gasteiger charge is -2.11. The molecular weight excluding hydrogens is 382 g/mol. The number of benzene rings is 2. The van der Waals surface area contributed by atoms with E-state index in [4.69, 9.17) is 4.74 Å². The van der Waals surface area contributed by atoms with E-state index in [0.717, 1.165) is 12.8 Å². The third-order valence-corrected chi connectivity index (χ3v) is 5.41. The molecule has 0 amide bonds. The number of hydrogen-bond acceptors (Lipinski definition) is 6. The van der Waals surface area contributed by atoms with Gasteiger partial charge in [-0.2, -0.15) is 0 Å². The zero-order valence-electron chi connectivity index (χ0n) is 16.0. The van der Waals surface area contributed by atoms with Gasteiger partial charge in [-0.1, -0.05) is 19.4 Å². The fraction of sp³-hybridized carbons (Fsp3) is 0.300. The van der Waals surface area contributed by atoms with Gasteiger partial charge in [0.05, 0.1) is 29.7 Å². The second kappa shape index (κ2) is 9.36. The molecule has 0 spiro atoms. The number of aryl methyl sites for hydroxylation is 1. The van der Waals surface area contributed by atoms with E-state index in [-0.39, 0.29) is 16.1 Å². The van der Waals surface area contributed by atoms with Crippen molar-refractivity contribution in [2.24, 2.45) is 0 Å². The Balaban J connectivity index is 2.16. The number of ether oxygens (including phenoxy) is 2. The second-order valence-electron chi connectivity index (χ2n) is 6.14. The maximum absolute atomic E-state index is 12.6. The highest BCUT2D eigenvalue weighted by atomic mass is 32.2. The highest BCUT2D eigenvalue weighted by molar-refractivity contribution is 7.92. The number of nitrogens with one attached hydrogen (secondary N) is 1. The first kappa shape index (κ1) is 21.4. The van der Waals surface area contributed by atoms with Gasteiger partial charge in [0.15, 0.2) is 0 Å². The third kappa shape index (κ3) is 5.32. The molecule has 7 nitrogen and oxygen atoms in total. The van der Waals surface area contributed by atoms with Crippen LogP contribution in [0.3, 0.4) is 0 Å². The molecule has 0 aliphatic heterocycles. The first-order chi connectivity index (χ1) is 13.3. The number of esters is 2. The smallest absolute Gasteiger partial charge is 0.338 e. The molecule has 0 aliphatic rings. The van der Waals surface area contributed by atoms with Crippen LogP contribution in [0, 0.1) is 6.92 Å². The Morgan fingerprint density at radius 2 is 1.71 bits per heavy atom. The van der Waals surface area contributed by atoms with Crippen molar-refractivity contribution in [1.29, 1.82) is 0 Å². The van der Waals surface area contributed by atoms with Gasteiger partial charge in [-0.15, -0.1) is 0 Å². The molecule has 0 aliphatic carbocycles. The molecule has 2 aromatic rings. The van der Waals surface area contributed by atoms with Crippen LogP contribution in [0.25, 0.3) is 0 Å². The van der Waals surface area contributed by atoms with Crippen molar-refractivity contribution in [3.8, 4) is 0 Å². The van der Waals surface area contributed by atoms with Crippen LogP contribution in [-0.2, 0) is 19.5 Å². The number of unbranched alkanes of at least 4 members (excludes halogenated alkanes) is 1.